The average Bonchev–Trinajstić information content (AvgIpc) is 2.46. The van der Waals surface area contributed by atoms with Crippen LogP contribution in [0.5, 0.6) is 0 Å². The predicted octanol–water partition coefficient (Wildman–Crippen LogP) is 2.20. The molecule has 0 aliphatic carbocycles. The topological polar surface area (TPSA) is 64.6 Å². The van der Waals surface area contributed by atoms with Crippen LogP contribution in [0.4, 0.5) is 9.18 Å². The summed E-state index contributed by atoms with van der Waals surface area (Å²) in [6.07, 6.45) is -2.52. The predicted molar refractivity (Wildman–Crippen MR) is 70.8 cm³/mol. The van der Waals surface area contributed by atoms with Gasteiger partial charge in [-0.2, -0.15) is 0 Å². The SMILES string of the molecule is CCOC(=O)C(F)CCNC(=O)OCc1ccccc1. The average molecular weight is 283 g/mol. The van der Waals surface area contributed by atoms with Gasteiger partial charge in [0.15, 0.2) is 6.17 Å². The minimum absolute atomic E-state index is 0.00754. The molecule has 0 aliphatic rings. The van der Waals surface area contributed by atoms with Gasteiger partial charge in [-0.3, -0.25) is 0 Å². The van der Waals surface area contributed by atoms with E-state index in [4.69, 9.17) is 4.74 Å². The smallest absolute Gasteiger partial charge is 0.407 e. The molecule has 0 saturated carbocycles. The number of alkyl halides is 1. The van der Waals surface area contributed by atoms with Crippen LogP contribution in [0.1, 0.15) is 18.9 Å². The lowest BCUT2D eigenvalue weighted by Gasteiger charge is -2.09. The molecule has 1 aromatic carbocycles. The maximum Gasteiger partial charge on any atom is 0.407 e. The molecule has 0 heterocycles. The number of amides is 1. The maximum atomic E-state index is 13.2. The molecule has 1 amide bonds. The Hall–Kier alpha value is -2.11. The number of ether oxygens (including phenoxy) is 2. The van der Waals surface area contributed by atoms with Gasteiger partial charge in [-0.1, -0.05) is 30.3 Å². The first-order chi connectivity index (χ1) is 9.63. The molecule has 1 unspecified atom stereocenters. The number of halogens is 1. The van der Waals surface area contributed by atoms with Gasteiger partial charge in [-0.15, -0.1) is 0 Å². The molecular formula is C14H18FNO4. The van der Waals surface area contributed by atoms with Crippen molar-refractivity contribution in [1.82, 2.24) is 5.32 Å². The van der Waals surface area contributed by atoms with Gasteiger partial charge in [0.2, 0.25) is 0 Å². The second-order valence-corrected chi connectivity index (χ2v) is 4.00. The summed E-state index contributed by atoms with van der Waals surface area (Å²) in [5.74, 6) is -0.910. The Bertz CT molecular complexity index is 424. The molecule has 1 N–H and O–H groups in total. The van der Waals surface area contributed by atoms with Crippen LogP contribution in [-0.4, -0.2) is 31.4 Å². The first kappa shape index (κ1) is 15.9. The van der Waals surface area contributed by atoms with Crippen molar-refractivity contribution in [3.05, 3.63) is 35.9 Å². The number of alkyl carbamates (subject to hydrolysis) is 1. The molecule has 0 aromatic heterocycles. The van der Waals surface area contributed by atoms with Crippen molar-refractivity contribution in [2.45, 2.75) is 26.1 Å². The molecule has 0 aliphatic heterocycles. The summed E-state index contributed by atoms with van der Waals surface area (Å²) in [7, 11) is 0. The van der Waals surface area contributed by atoms with Gasteiger partial charge in [0.05, 0.1) is 6.61 Å². The van der Waals surface area contributed by atoms with Crippen molar-refractivity contribution in [1.29, 1.82) is 0 Å². The van der Waals surface area contributed by atoms with E-state index >= 15 is 0 Å². The number of rotatable bonds is 7. The van der Waals surface area contributed by atoms with Gasteiger partial charge < -0.3 is 14.8 Å². The highest BCUT2D eigenvalue weighted by molar-refractivity contribution is 5.74. The van der Waals surface area contributed by atoms with Crippen LogP contribution in [0, 0.1) is 0 Å². The number of carbonyl (C=O) groups is 2. The summed E-state index contributed by atoms with van der Waals surface area (Å²) in [6, 6.07) is 9.19. The molecule has 110 valence electrons. The number of esters is 1. The third-order valence-corrected chi connectivity index (χ3v) is 2.42. The van der Waals surface area contributed by atoms with E-state index in [2.05, 4.69) is 10.1 Å². The van der Waals surface area contributed by atoms with Gasteiger partial charge in [-0.25, -0.2) is 14.0 Å². The van der Waals surface area contributed by atoms with E-state index in [1.54, 1.807) is 6.92 Å². The zero-order chi connectivity index (χ0) is 14.8. The fourth-order valence-corrected chi connectivity index (χ4v) is 1.43. The van der Waals surface area contributed by atoms with Crippen LogP contribution in [-0.2, 0) is 20.9 Å². The zero-order valence-electron chi connectivity index (χ0n) is 11.3. The monoisotopic (exact) mass is 283 g/mol. The lowest BCUT2D eigenvalue weighted by Crippen LogP contribution is -2.29. The van der Waals surface area contributed by atoms with E-state index < -0.39 is 18.2 Å². The van der Waals surface area contributed by atoms with Crippen LogP contribution in [0.2, 0.25) is 0 Å². The highest BCUT2D eigenvalue weighted by Crippen LogP contribution is 2.02. The van der Waals surface area contributed by atoms with Crippen LogP contribution in [0.15, 0.2) is 30.3 Å². The lowest BCUT2D eigenvalue weighted by atomic mass is 10.2. The van der Waals surface area contributed by atoms with E-state index in [1.807, 2.05) is 30.3 Å². The van der Waals surface area contributed by atoms with Gasteiger partial charge in [0.1, 0.15) is 6.61 Å². The summed E-state index contributed by atoms with van der Waals surface area (Å²) < 4.78 is 22.7. The van der Waals surface area contributed by atoms with Crippen molar-refractivity contribution in [3.8, 4) is 0 Å². The second-order valence-electron chi connectivity index (χ2n) is 4.00. The lowest BCUT2D eigenvalue weighted by molar-refractivity contribution is -0.149. The highest BCUT2D eigenvalue weighted by atomic mass is 19.1. The van der Waals surface area contributed by atoms with E-state index in [9.17, 15) is 14.0 Å². The Morgan fingerprint density at radius 2 is 1.95 bits per heavy atom. The summed E-state index contributed by atoms with van der Waals surface area (Å²) in [4.78, 5) is 22.3. The first-order valence-electron chi connectivity index (χ1n) is 6.38. The zero-order valence-corrected chi connectivity index (χ0v) is 11.3. The van der Waals surface area contributed by atoms with Gasteiger partial charge in [-0.05, 0) is 12.5 Å². The number of benzene rings is 1. The minimum atomic E-state index is -1.73. The van der Waals surface area contributed by atoms with Crippen LogP contribution >= 0.6 is 0 Å². The standard InChI is InChI=1S/C14H18FNO4/c1-2-19-13(17)12(15)8-9-16-14(18)20-10-11-6-4-3-5-7-11/h3-7,12H,2,8-10H2,1H3,(H,16,18). The van der Waals surface area contributed by atoms with Crippen LogP contribution < -0.4 is 5.32 Å². The quantitative estimate of drug-likeness (QED) is 0.779. The molecule has 0 bridgehead atoms. The van der Waals surface area contributed by atoms with E-state index in [0.717, 1.165) is 5.56 Å². The summed E-state index contributed by atoms with van der Waals surface area (Å²) >= 11 is 0. The fourth-order valence-electron chi connectivity index (χ4n) is 1.43. The first-order valence-corrected chi connectivity index (χ1v) is 6.38. The Morgan fingerprint density at radius 3 is 2.60 bits per heavy atom. The van der Waals surface area contributed by atoms with Gasteiger partial charge in [0, 0.05) is 13.0 Å². The molecule has 20 heavy (non-hydrogen) atoms. The largest absolute Gasteiger partial charge is 0.464 e. The maximum absolute atomic E-state index is 13.2. The Labute approximate surface area is 117 Å². The molecule has 5 nitrogen and oxygen atoms in total. The number of hydrogen-bond acceptors (Lipinski definition) is 4. The van der Waals surface area contributed by atoms with Gasteiger partial charge >= 0.3 is 12.1 Å². The fraction of sp³-hybridized carbons (Fsp3) is 0.429. The van der Waals surface area contributed by atoms with Crippen LogP contribution in [0.3, 0.4) is 0 Å². The van der Waals surface area contributed by atoms with Crippen molar-refractivity contribution >= 4 is 12.1 Å². The van der Waals surface area contributed by atoms with Gasteiger partial charge in [0.25, 0.3) is 0 Å². The van der Waals surface area contributed by atoms with E-state index in [-0.39, 0.29) is 26.2 Å². The summed E-state index contributed by atoms with van der Waals surface area (Å²) in [5.41, 5.74) is 0.859. The molecule has 0 radical (unpaired) electrons. The normalized spacial score (nSPS) is 11.5. The Morgan fingerprint density at radius 1 is 1.25 bits per heavy atom. The van der Waals surface area contributed by atoms with Crippen molar-refractivity contribution < 1.29 is 23.5 Å². The Balaban J connectivity index is 2.16. The minimum Gasteiger partial charge on any atom is -0.464 e. The highest BCUT2D eigenvalue weighted by Gasteiger charge is 2.18. The third kappa shape index (κ3) is 6.17. The molecule has 1 rings (SSSR count). The number of hydrogen-bond donors (Lipinski definition) is 1. The molecule has 0 saturated heterocycles. The number of nitrogens with one attached hydrogen (secondary N) is 1. The van der Waals surface area contributed by atoms with Crippen LogP contribution in [0.25, 0.3) is 0 Å². The molecule has 6 heteroatoms. The van der Waals surface area contributed by atoms with Crippen molar-refractivity contribution in [2.24, 2.45) is 0 Å². The summed E-state index contributed by atoms with van der Waals surface area (Å²) in [6.45, 7) is 1.88. The molecule has 1 aromatic rings. The molecule has 0 fully saturated rings. The number of carbonyl (C=O) groups excluding carboxylic acids is 2. The second kappa shape index (κ2) is 8.90. The molecular weight excluding hydrogens is 265 g/mol. The van der Waals surface area contributed by atoms with Crippen molar-refractivity contribution in [3.63, 3.8) is 0 Å². The molecule has 0 spiro atoms. The Kier molecular flexibility index (Phi) is 7.10. The molecule has 1 atom stereocenters. The third-order valence-electron chi connectivity index (χ3n) is 2.42. The van der Waals surface area contributed by atoms with Crippen molar-refractivity contribution in [2.75, 3.05) is 13.2 Å². The van der Waals surface area contributed by atoms with E-state index in [0.29, 0.717) is 0 Å². The summed E-state index contributed by atoms with van der Waals surface area (Å²) in [5, 5.41) is 2.37. The van der Waals surface area contributed by atoms with E-state index in [1.165, 1.54) is 0 Å².